The Hall–Kier alpha value is -1.80. The molecule has 0 aromatic heterocycles. The monoisotopic (exact) mass is 428 g/mol. The van der Waals surface area contributed by atoms with E-state index in [9.17, 15) is 13.2 Å². The third-order valence-corrected chi connectivity index (χ3v) is 6.95. The van der Waals surface area contributed by atoms with Crippen LogP contribution in [0.3, 0.4) is 0 Å². The molecule has 0 aliphatic carbocycles. The Bertz CT molecular complexity index is 973. The van der Waals surface area contributed by atoms with E-state index in [1.165, 1.54) is 35.7 Å². The van der Waals surface area contributed by atoms with Gasteiger partial charge in [-0.15, -0.1) is 0 Å². The van der Waals surface area contributed by atoms with Crippen LogP contribution in [0.15, 0.2) is 41.3 Å². The van der Waals surface area contributed by atoms with Crippen molar-refractivity contribution in [3.05, 3.63) is 52.0 Å². The lowest BCUT2D eigenvalue weighted by atomic mass is 10.2. The minimum absolute atomic E-state index is 0.0197. The molecule has 144 valence electrons. The average molecular weight is 429 g/mol. The molecule has 0 saturated carbocycles. The number of nitrogens with one attached hydrogen (secondary N) is 1. The molecule has 0 radical (unpaired) electrons. The van der Waals surface area contributed by atoms with Gasteiger partial charge in [0.05, 0.1) is 17.2 Å². The van der Waals surface area contributed by atoms with Crippen LogP contribution in [0.25, 0.3) is 0 Å². The highest BCUT2D eigenvalue weighted by Crippen LogP contribution is 2.30. The number of methoxy groups -OCH3 is 1. The predicted octanol–water partition coefficient (Wildman–Crippen LogP) is 4.04. The molecule has 9 heteroatoms. The maximum absolute atomic E-state index is 12.9. The second-order valence-corrected chi connectivity index (χ2v) is 8.78. The van der Waals surface area contributed by atoms with E-state index >= 15 is 0 Å². The van der Waals surface area contributed by atoms with Crippen molar-refractivity contribution < 1.29 is 17.9 Å². The van der Waals surface area contributed by atoms with Crippen LogP contribution in [0.4, 0.5) is 5.69 Å². The van der Waals surface area contributed by atoms with Gasteiger partial charge in [0.15, 0.2) is 0 Å². The fraction of sp³-hybridized carbons (Fsp3) is 0.278. The molecule has 3 rings (SSSR count). The number of rotatable bonds is 5. The van der Waals surface area contributed by atoms with Crippen LogP contribution >= 0.6 is 23.2 Å². The van der Waals surface area contributed by atoms with Gasteiger partial charge >= 0.3 is 0 Å². The minimum atomic E-state index is -3.73. The number of carbonyl (C=O) groups is 1. The highest BCUT2D eigenvalue weighted by molar-refractivity contribution is 7.89. The SMILES string of the molecule is COc1ccc(C(=O)Nc2ccc(Cl)c(Cl)c2)cc1S(=O)(=O)N1CCCC1. The average Bonchev–Trinajstić information content (AvgIpc) is 3.20. The van der Waals surface area contributed by atoms with Crippen molar-refractivity contribution in [1.29, 1.82) is 0 Å². The number of hydrogen-bond donors (Lipinski definition) is 1. The highest BCUT2D eigenvalue weighted by atomic mass is 35.5. The lowest BCUT2D eigenvalue weighted by Crippen LogP contribution is -2.28. The van der Waals surface area contributed by atoms with E-state index in [2.05, 4.69) is 5.32 Å². The van der Waals surface area contributed by atoms with Gasteiger partial charge in [-0.05, 0) is 49.2 Å². The van der Waals surface area contributed by atoms with Gasteiger partial charge in [-0.3, -0.25) is 4.79 Å². The molecule has 2 aromatic carbocycles. The summed E-state index contributed by atoms with van der Waals surface area (Å²) in [6.45, 7) is 0.927. The third-order valence-electron chi connectivity index (χ3n) is 4.29. The Morgan fingerprint density at radius 2 is 1.78 bits per heavy atom. The predicted molar refractivity (Wildman–Crippen MR) is 105 cm³/mol. The maximum Gasteiger partial charge on any atom is 0.255 e. The molecule has 1 aliphatic heterocycles. The smallest absolute Gasteiger partial charge is 0.255 e. The van der Waals surface area contributed by atoms with Crippen LogP contribution in [0.2, 0.25) is 10.0 Å². The molecule has 0 unspecified atom stereocenters. The second kappa shape index (κ2) is 8.06. The zero-order valence-corrected chi connectivity index (χ0v) is 16.9. The lowest BCUT2D eigenvalue weighted by Gasteiger charge is -2.18. The van der Waals surface area contributed by atoms with Gasteiger partial charge in [-0.25, -0.2) is 8.42 Å². The van der Waals surface area contributed by atoms with Crippen LogP contribution < -0.4 is 10.1 Å². The summed E-state index contributed by atoms with van der Waals surface area (Å²) in [5.41, 5.74) is 0.647. The van der Waals surface area contributed by atoms with Crippen molar-refractivity contribution in [2.75, 3.05) is 25.5 Å². The molecule has 0 atom stereocenters. The molecule has 27 heavy (non-hydrogen) atoms. The molecular weight excluding hydrogens is 411 g/mol. The minimum Gasteiger partial charge on any atom is -0.495 e. The molecule has 0 bridgehead atoms. The van der Waals surface area contributed by atoms with Gasteiger partial charge < -0.3 is 10.1 Å². The van der Waals surface area contributed by atoms with Crippen LogP contribution in [-0.4, -0.2) is 38.8 Å². The number of benzene rings is 2. The maximum atomic E-state index is 12.9. The summed E-state index contributed by atoms with van der Waals surface area (Å²) in [4.78, 5) is 12.6. The summed E-state index contributed by atoms with van der Waals surface area (Å²) in [7, 11) is -2.34. The van der Waals surface area contributed by atoms with Crippen molar-refractivity contribution >= 4 is 44.8 Å². The molecule has 1 N–H and O–H groups in total. The number of sulfonamides is 1. The van der Waals surface area contributed by atoms with E-state index < -0.39 is 15.9 Å². The Morgan fingerprint density at radius 3 is 2.41 bits per heavy atom. The molecule has 6 nitrogen and oxygen atoms in total. The molecule has 1 saturated heterocycles. The molecule has 0 spiro atoms. The Kier molecular flexibility index (Phi) is 5.95. The van der Waals surface area contributed by atoms with E-state index in [-0.39, 0.29) is 16.2 Å². The van der Waals surface area contributed by atoms with E-state index in [1.54, 1.807) is 12.1 Å². The van der Waals surface area contributed by atoms with Crippen molar-refractivity contribution in [1.82, 2.24) is 4.31 Å². The fourth-order valence-electron chi connectivity index (χ4n) is 2.86. The quantitative estimate of drug-likeness (QED) is 0.779. The highest BCUT2D eigenvalue weighted by Gasteiger charge is 2.30. The topological polar surface area (TPSA) is 75.7 Å². The van der Waals surface area contributed by atoms with Gasteiger partial charge in [0.25, 0.3) is 5.91 Å². The first-order valence-electron chi connectivity index (χ1n) is 8.27. The number of halogens is 2. The fourth-order valence-corrected chi connectivity index (χ4v) is 4.86. The van der Waals surface area contributed by atoms with Crippen LogP contribution in [0, 0.1) is 0 Å². The number of nitrogens with zero attached hydrogens (tertiary/aromatic N) is 1. The van der Waals surface area contributed by atoms with E-state index in [0.717, 1.165) is 12.8 Å². The van der Waals surface area contributed by atoms with Crippen molar-refractivity contribution in [3.63, 3.8) is 0 Å². The first-order chi connectivity index (χ1) is 12.8. The van der Waals surface area contributed by atoms with Crippen molar-refractivity contribution in [3.8, 4) is 5.75 Å². The molecule has 1 heterocycles. The largest absolute Gasteiger partial charge is 0.495 e. The third kappa shape index (κ3) is 4.21. The van der Waals surface area contributed by atoms with E-state index in [0.29, 0.717) is 28.8 Å². The summed E-state index contributed by atoms with van der Waals surface area (Å²) in [6, 6.07) is 9.02. The molecule has 1 amide bonds. The Labute approximate surface area is 168 Å². The summed E-state index contributed by atoms with van der Waals surface area (Å²) < 4.78 is 32.4. The van der Waals surface area contributed by atoms with E-state index in [4.69, 9.17) is 27.9 Å². The van der Waals surface area contributed by atoms with Gasteiger partial charge in [-0.1, -0.05) is 23.2 Å². The molecule has 2 aromatic rings. The molecular formula is C18H18Cl2N2O4S. The summed E-state index contributed by atoms with van der Waals surface area (Å²) in [5.74, 6) is -0.262. The number of anilines is 1. The second-order valence-electron chi connectivity index (χ2n) is 6.06. The zero-order valence-electron chi connectivity index (χ0n) is 14.5. The number of amides is 1. The van der Waals surface area contributed by atoms with Crippen LogP contribution in [0.1, 0.15) is 23.2 Å². The Morgan fingerprint density at radius 1 is 1.07 bits per heavy atom. The van der Waals surface area contributed by atoms with E-state index in [1.807, 2.05) is 0 Å². The zero-order chi connectivity index (χ0) is 19.6. The molecule has 1 fully saturated rings. The first kappa shape index (κ1) is 19.9. The van der Waals surface area contributed by atoms with Crippen LogP contribution in [-0.2, 0) is 10.0 Å². The summed E-state index contributed by atoms with van der Waals surface area (Å²) in [6.07, 6.45) is 1.64. The standard InChI is InChI=1S/C18H18Cl2N2O4S/c1-26-16-7-4-12(10-17(16)27(24,25)22-8-2-3-9-22)18(23)21-13-5-6-14(19)15(20)11-13/h4-7,10-11H,2-3,8-9H2,1H3,(H,21,23). The van der Waals surface area contributed by atoms with Gasteiger partial charge in [0.1, 0.15) is 10.6 Å². The van der Waals surface area contributed by atoms with Crippen LogP contribution in [0.5, 0.6) is 5.75 Å². The lowest BCUT2D eigenvalue weighted by molar-refractivity contribution is 0.102. The van der Waals surface area contributed by atoms with Gasteiger partial charge in [0, 0.05) is 24.3 Å². The van der Waals surface area contributed by atoms with Crippen molar-refractivity contribution in [2.45, 2.75) is 17.7 Å². The number of ether oxygens (including phenoxy) is 1. The van der Waals surface area contributed by atoms with Gasteiger partial charge in [-0.2, -0.15) is 4.31 Å². The van der Waals surface area contributed by atoms with Gasteiger partial charge in [0.2, 0.25) is 10.0 Å². The first-order valence-corrected chi connectivity index (χ1v) is 10.5. The van der Waals surface area contributed by atoms with Crippen molar-refractivity contribution in [2.24, 2.45) is 0 Å². The summed E-state index contributed by atoms with van der Waals surface area (Å²) in [5, 5.41) is 3.36. The Balaban J connectivity index is 1.92. The number of carbonyl (C=O) groups excluding carboxylic acids is 1. The molecule has 1 aliphatic rings. The summed E-state index contributed by atoms with van der Waals surface area (Å²) >= 11 is 11.8. The number of hydrogen-bond acceptors (Lipinski definition) is 4. The normalized spacial score (nSPS) is 14.9.